The van der Waals surface area contributed by atoms with Crippen LogP contribution in [0.15, 0.2) is 0 Å². The van der Waals surface area contributed by atoms with E-state index in [1.165, 1.54) is 30.5 Å². The van der Waals surface area contributed by atoms with Crippen molar-refractivity contribution < 1.29 is 19.5 Å². The van der Waals surface area contributed by atoms with Crippen LogP contribution >= 0.6 is 11.8 Å². The topological polar surface area (TPSA) is 86.7 Å². The molecule has 0 spiro atoms. The molecule has 2 amide bonds. The molecule has 0 aliphatic heterocycles. The Kier molecular flexibility index (Phi) is 7.42. The van der Waals surface area contributed by atoms with E-state index in [0.717, 1.165) is 0 Å². The third-order valence-electron chi connectivity index (χ3n) is 2.54. The zero-order chi connectivity index (χ0) is 14.3. The van der Waals surface area contributed by atoms with Crippen molar-refractivity contribution in [2.24, 2.45) is 0 Å². The van der Waals surface area contributed by atoms with E-state index in [-0.39, 0.29) is 30.2 Å². The molecule has 104 valence electrons. The van der Waals surface area contributed by atoms with Crippen molar-refractivity contribution in [3.05, 3.63) is 0 Å². The summed E-state index contributed by atoms with van der Waals surface area (Å²) < 4.78 is 0. The van der Waals surface area contributed by atoms with Gasteiger partial charge in [0.1, 0.15) is 6.04 Å². The SMILES string of the molecule is CSC(C)C(=O)N(CCNC(C)=O)C(C)C(=O)O. The van der Waals surface area contributed by atoms with Gasteiger partial charge in [0.25, 0.3) is 0 Å². The van der Waals surface area contributed by atoms with Crippen LogP contribution in [0.3, 0.4) is 0 Å². The molecule has 7 heteroatoms. The van der Waals surface area contributed by atoms with Crippen LogP contribution in [0.2, 0.25) is 0 Å². The summed E-state index contributed by atoms with van der Waals surface area (Å²) in [6.07, 6.45) is 1.79. The second-order valence-corrected chi connectivity index (χ2v) is 5.09. The molecule has 2 unspecified atom stereocenters. The molecule has 0 aliphatic rings. The first-order valence-corrected chi connectivity index (χ1v) is 6.90. The maximum Gasteiger partial charge on any atom is 0.326 e. The Bertz CT molecular complexity index is 322. The number of rotatable bonds is 7. The predicted octanol–water partition coefficient (Wildman–Crippen LogP) is 0.176. The van der Waals surface area contributed by atoms with Gasteiger partial charge in [0.05, 0.1) is 5.25 Å². The monoisotopic (exact) mass is 276 g/mol. The number of hydrogen-bond acceptors (Lipinski definition) is 4. The lowest BCUT2D eigenvalue weighted by molar-refractivity contribution is -0.149. The summed E-state index contributed by atoms with van der Waals surface area (Å²) >= 11 is 1.36. The van der Waals surface area contributed by atoms with Gasteiger partial charge in [-0.15, -0.1) is 0 Å². The second-order valence-electron chi connectivity index (χ2n) is 3.91. The molecule has 0 fully saturated rings. The van der Waals surface area contributed by atoms with Crippen LogP contribution in [0.5, 0.6) is 0 Å². The lowest BCUT2D eigenvalue weighted by atomic mass is 10.2. The first-order chi connectivity index (χ1) is 8.31. The smallest absolute Gasteiger partial charge is 0.326 e. The highest BCUT2D eigenvalue weighted by Crippen LogP contribution is 2.11. The molecule has 0 rings (SSSR count). The van der Waals surface area contributed by atoms with Gasteiger partial charge in [0.15, 0.2) is 0 Å². The molecule has 2 atom stereocenters. The molecule has 0 saturated carbocycles. The van der Waals surface area contributed by atoms with Gasteiger partial charge in [-0.3, -0.25) is 9.59 Å². The summed E-state index contributed by atoms with van der Waals surface area (Å²) in [6.45, 7) is 5.00. The van der Waals surface area contributed by atoms with Crippen molar-refractivity contribution in [3.63, 3.8) is 0 Å². The molecule has 0 aromatic carbocycles. The van der Waals surface area contributed by atoms with Crippen LogP contribution in [-0.4, -0.2) is 58.4 Å². The number of carboxylic acid groups (broad SMARTS) is 1. The summed E-state index contributed by atoms with van der Waals surface area (Å²) in [7, 11) is 0. The summed E-state index contributed by atoms with van der Waals surface area (Å²) in [5.74, 6) is -1.49. The maximum atomic E-state index is 12.0. The van der Waals surface area contributed by atoms with Crippen LogP contribution in [-0.2, 0) is 14.4 Å². The molecule has 0 bridgehead atoms. The number of carbonyl (C=O) groups excluding carboxylic acids is 2. The Balaban J connectivity index is 4.66. The third-order valence-corrected chi connectivity index (χ3v) is 3.44. The highest BCUT2D eigenvalue weighted by Gasteiger charge is 2.28. The van der Waals surface area contributed by atoms with Gasteiger partial charge >= 0.3 is 5.97 Å². The third kappa shape index (κ3) is 5.39. The van der Waals surface area contributed by atoms with Crippen molar-refractivity contribution in [1.29, 1.82) is 0 Å². The number of thioether (sulfide) groups is 1. The standard InChI is InChI=1S/C11H20N2O4S/c1-7(11(16)17)13(6-5-12-9(3)14)10(15)8(2)18-4/h7-8H,5-6H2,1-4H3,(H,12,14)(H,16,17). The van der Waals surface area contributed by atoms with Gasteiger partial charge in [-0.1, -0.05) is 0 Å². The number of nitrogens with zero attached hydrogens (tertiary/aromatic N) is 1. The van der Waals surface area contributed by atoms with Gasteiger partial charge in [0.2, 0.25) is 11.8 Å². The fourth-order valence-electron chi connectivity index (χ4n) is 1.31. The molecule has 18 heavy (non-hydrogen) atoms. The molecule has 0 saturated heterocycles. The van der Waals surface area contributed by atoms with Gasteiger partial charge in [-0.2, -0.15) is 11.8 Å². The Labute approximate surface area is 111 Å². The van der Waals surface area contributed by atoms with Crippen LogP contribution in [0.25, 0.3) is 0 Å². The van der Waals surface area contributed by atoms with E-state index in [9.17, 15) is 14.4 Å². The number of aliphatic carboxylic acids is 1. The summed E-state index contributed by atoms with van der Waals surface area (Å²) in [4.78, 5) is 35.0. The first kappa shape index (κ1) is 16.8. The first-order valence-electron chi connectivity index (χ1n) is 5.61. The molecular weight excluding hydrogens is 256 g/mol. The zero-order valence-corrected chi connectivity index (χ0v) is 11.9. The summed E-state index contributed by atoms with van der Waals surface area (Å²) in [5, 5.41) is 11.2. The van der Waals surface area contributed by atoms with E-state index in [1.807, 2.05) is 0 Å². The Morgan fingerprint density at radius 2 is 1.89 bits per heavy atom. The quantitative estimate of drug-likeness (QED) is 0.692. The number of hydrogen-bond donors (Lipinski definition) is 2. The fourth-order valence-corrected chi connectivity index (χ4v) is 1.65. The number of amides is 2. The Hall–Kier alpha value is -1.24. The average Bonchev–Trinajstić information content (AvgIpc) is 2.31. The van der Waals surface area contributed by atoms with Gasteiger partial charge in [0, 0.05) is 20.0 Å². The van der Waals surface area contributed by atoms with Crippen molar-refractivity contribution in [2.45, 2.75) is 32.1 Å². The van der Waals surface area contributed by atoms with Crippen molar-refractivity contribution >= 4 is 29.5 Å². The molecule has 0 aromatic rings. The number of nitrogens with one attached hydrogen (secondary N) is 1. The number of carbonyl (C=O) groups is 3. The summed E-state index contributed by atoms with van der Waals surface area (Å²) in [6, 6.07) is -0.902. The Morgan fingerprint density at radius 1 is 1.33 bits per heavy atom. The molecule has 6 nitrogen and oxygen atoms in total. The average molecular weight is 276 g/mol. The minimum atomic E-state index is -1.06. The molecule has 0 radical (unpaired) electrons. The number of carboxylic acids is 1. The maximum absolute atomic E-state index is 12.0. The van der Waals surface area contributed by atoms with E-state index < -0.39 is 12.0 Å². The molecule has 0 aliphatic carbocycles. The highest BCUT2D eigenvalue weighted by atomic mass is 32.2. The van der Waals surface area contributed by atoms with E-state index in [4.69, 9.17) is 5.11 Å². The lowest BCUT2D eigenvalue weighted by Gasteiger charge is -2.28. The minimum absolute atomic E-state index is 0.191. The predicted molar refractivity (Wildman–Crippen MR) is 70.5 cm³/mol. The van der Waals surface area contributed by atoms with E-state index in [2.05, 4.69) is 5.32 Å². The normalized spacial score (nSPS) is 13.6. The molecule has 0 heterocycles. The lowest BCUT2D eigenvalue weighted by Crippen LogP contribution is -2.49. The second kappa shape index (κ2) is 7.97. The molecule has 2 N–H and O–H groups in total. The van der Waals surface area contributed by atoms with Crippen LogP contribution in [0.1, 0.15) is 20.8 Å². The Morgan fingerprint density at radius 3 is 2.28 bits per heavy atom. The van der Waals surface area contributed by atoms with Crippen molar-refractivity contribution in [2.75, 3.05) is 19.3 Å². The van der Waals surface area contributed by atoms with E-state index in [0.29, 0.717) is 0 Å². The highest BCUT2D eigenvalue weighted by molar-refractivity contribution is 7.99. The summed E-state index contributed by atoms with van der Waals surface area (Å²) in [5.41, 5.74) is 0. The van der Waals surface area contributed by atoms with Crippen molar-refractivity contribution in [3.8, 4) is 0 Å². The fraction of sp³-hybridized carbons (Fsp3) is 0.727. The van der Waals surface area contributed by atoms with Crippen LogP contribution in [0, 0.1) is 0 Å². The van der Waals surface area contributed by atoms with E-state index in [1.54, 1.807) is 13.2 Å². The minimum Gasteiger partial charge on any atom is -0.480 e. The van der Waals surface area contributed by atoms with E-state index >= 15 is 0 Å². The van der Waals surface area contributed by atoms with Crippen LogP contribution < -0.4 is 5.32 Å². The van der Waals surface area contributed by atoms with Gasteiger partial charge < -0.3 is 15.3 Å². The zero-order valence-electron chi connectivity index (χ0n) is 11.1. The van der Waals surface area contributed by atoms with Gasteiger partial charge in [-0.25, -0.2) is 4.79 Å². The van der Waals surface area contributed by atoms with Crippen molar-refractivity contribution in [1.82, 2.24) is 10.2 Å². The molecular formula is C11H20N2O4S. The van der Waals surface area contributed by atoms with Crippen LogP contribution in [0.4, 0.5) is 0 Å². The largest absolute Gasteiger partial charge is 0.480 e. The van der Waals surface area contributed by atoms with Gasteiger partial charge in [-0.05, 0) is 20.1 Å². The molecule has 0 aromatic heterocycles.